The van der Waals surface area contributed by atoms with Crippen molar-refractivity contribution in [2.45, 2.75) is 40.0 Å². The second kappa shape index (κ2) is 10.7. The number of halogens is 1. The molecule has 7 heteroatoms. The first-order chi connectivity index (χ1) is 11.9. The molecule has 0 radical (unpaired) electrons. The minimum absolute atomic E-state index is 0.0906. The van der Waals surface area contributed by atoms with Crippen molar-refractivity contribution in [2.24, 2.45) is 0 Å². The monoisotopic (exact) mass is 367 g/mol. The van der Waals surface area contributed by atoms with Gasteiger partial charge in [0.1, 0.15) is 0 Å². The molecule has 25 heavy (non-hydrogen) atoms. The molecule has 1 aromatic rings. The van der Waals surface area contributed by atoms with E-state index < -0.39 is 0 Å². The van der Waals surface area contributed by atoms with Gasteiger partial charge in [-0.05, 0) is 38.5 Å². The van der Waals surface area contributed by atoms with E-state index in [0.717, 1.165) is 6.42 Å². The maximum absolute atomic E-state index is 12.3. The highest BCUT2D eigenvalue weighted by Crippen LogP contribution is 2.22. The Balaban J connectivity index is 2.63. The summed E-state index contributed by atoms with van der Waals surface area (Å²) in [5, 5.41) is 5.70. The van der Waals surface area contributed by atoms with Gasteiger partial charge in [-0.3, -0.25) is 14.4 Å². The SMILES string of the molecule is CCCNC(=O)CCC(=O)Nc1ccc(C(=O)N(CC)CC)c(Cl)c1. The number of nitrogens with zero attached hydrogens (tertiary/aromatic N) is 1. The second-order valence-corrected chi connectivity index (χ2v) is 5.98. The number of hydrogen-bond acceptors (Lipinski definition) is 3. The zero-order chi connectivity index (χ0) is 18.8. The fourth-order valence-corrected chi connectivity index (χ4v) is 2.51. The zero-order valence-corrected chi connectivity index (χ0v) is 15.8. The number of hydrogen-bond donors (Lipinski definition) is 2. The van der Waals surface area contributed by atoms with Crippen LogP contribution in [-0.2, 0) is 9.59 Å². The van der Waals surface area contributed by atoms with Gasteiger partial charge in [0.2, 0.25) is 11.8 Å². The van der Waals surface area contributed by atoms with Crippen molar-refractivity contribution in [1.82, 2.24) is 10.2 Å². The van der Waals surface area contributed by atoms with E-state index in [1.165, 1.54) is 0 Å². The van der Waals surface area contributed by atoms with Gasteiger partial charge in [-0.15, -0.1) is 0 Å². The van der Waals surface area contributed by atoms with Crippen molar-refractivity contribution >= 4 is 35.0 Å². The molecule has 0 aliphatic rings. The molecule has 1 aromatic carbocycles. The van der Waals surface area contributed by atoms with Gasteiger partial charge in [0.15, 0.2) is 0 Å². The van der Waals surface area contributed by atoms with Crippen molar-refractivity contribution in [3.8, 4) is 0 Å². The Bertz CT molecular complexity index is 616. The molecule has 2 N–H and O–H groups in total. The van der Waals surface area contributed by atoms with Crippen molar-refractivity contribution in [3.63, 3.8) is 0 Å². The Labute approximate surface area is 153 Å². The molecule has 6 nitrogen and oxygen atoms in total. The van der Waals surface area contributed by atoms with Gasteiger partial charge >= 0.3 is 0 Å². The summed E-state index contributed by atoms with van der Waals surface area (Å²) in [6.45, 7) is 7.58. The molecule has 0 heterocycles. The lowest BCUT2D eigenvalue weighted by Crippen LogP contribution is -2.30. The molecule has 0 atom stereocenters. The number of anilines is 1. The fraction of sp³-hybridized carbons (Fsp3) is 0.500. The van der Waals surface area contributed by atoms with E-state index >= 15 is 0 Å². The maximum atomic E-state index is 12.3. The minimum atomic E-state index is -0.273. The predicted molar refractivity (Wildman–Crippen MR) is 99.9 cm³/mol. The summed E-state index contributed by atoms with van der Waals surface area (Å²) in [6.07, 6.45) is 1.08. The first-order valence-electron chi connectivity index (χ1n) is 8.58. The molecule has 3 amide bonds. The summed E-state index contributed by atoms with van der Waals surface area (Å²) in [7, 11) is 0. The average molecular weight is 368 g/mol. The number of amides is 3. The van der Waals surface area contributed by atoms with Crippen molar-refractivity contribution < 1.29 is 14.4 Å². The van der Waals surface area contributed by atoms with E-state index in [0.29, 0.717) is 30.9 Å². The van der Waals surface area contributed by atoms with Crippen LogP contribution in [0.5, 0.6) is 0 Å². The van der Waals surface area contributed by atoms with Crippen LogP contribution in [0, 0.1) is 0 Å². The van der Waals surface area contributed by atoms with Crippen LogP contribution in [0.1, 0.15) is 50.4 Å². The minimum Gasteiger partial charge on any atom is -0.356 e. The molecule has 0 fully saturated rings. The number of carbonyl (C=O) groups excluding carboxylic acids is 3. The van der Waals surface area contributed by atoms with Crippen molar-refractivity contribution in [3.05, 3.63) is 28.8 Å². The summed E-state index contributed by atoms with van der Waals surface area (Å²) < 4.78 is 0. The van der Waals surface area contributed by atoms with E-state index in [9.17, 15) is 14.4 Å². The number of benzene rings is 1. The van der Waals surface area contributed by atoms with E-state index in [4.69, 9.17) is 11.6 Å². The number of nitrogens with one attached hydrogen (secondary N) is 2. The van der Waals surface area contributed by atoms with Crippen LogP contribution in [0.2, 0.25) is 5.02 Å². The van der Waals surface area contributed by atoms with Crippen LogP contribution < -0.4 is 10.6 Å². The molecule has 0 aliphatic carbocycles. The van der Waals surface area contributed by atoms with Gasteiger partial charge in [0.25, 0.3) is 5.91 Å². The molecule has 138 valence electrons. The topological polar surface area (TPSA) is 78.5 Å². The normalized spacial score (nSPS) is 10.2. The lowest BCUT2D eigenvalue weighted by molar-refractivity contribution is -0.124. The largest absolute Gasteiger partial charge is 0.356 e. The number of rotatable bonds is 9. The summed E-state index contributed by atoms with van der Waals surface area (Å²) in [5.41, 5.74) is 0.905. The Morgan fingerprint density at radius 1 is 1.04 bits per heavy atom. The summed E-state index contributed by atoms with van der Waals surface area (Å²) in [4.78, 5) is 37.4. The van der Waals surface area contributed by atoms with E-state index in [2.05, 4.69) is 10.6 Å². The van der Waals surface area contributed by atoms with Gasteiger partial charge in [-0.2, -0.15) is 0 Å². The molecular weight excluding hydrogens is 342 g/mol. The Hall–Kier alpha value is -2.08. The van der Waals surface area contributed by atoms with Gasteiger partial charge in [-0.1, -0.05) is 18.5 Å². The molecule has 0 aromatic heterocycles. The molecule has 1 rings (SSSR count). The van der Waals surface area contributed by atoms with Crippen molar-refractivity contribution in [2.75, 3.05) is 25.0 Å². The lowest BCUT2D eigenvalue weighted by Gasteiger charge is -2.19. The van der Waals surface area contributed by atoms with E-state index in [1.54, 1.807) is 23.1 Å². The van der Waals surface area contributed by atoms with Crippen LogP contribution in [0.15, 0.2) is 18.2 Å². The Kier molecular flexibility index (Phi) is 8.99. The molecule has 0 saturated heterocycles. The smallest absolute Gasteiger partial charge is 0.255 e. The third-order valence-electron chi connectivity index (χ3n) is 3.69. The van der Waals surface area contributed by atoms with Crippen LogP contribution in [0.4, 0.5) is 5.69 Å². The highest BCUT2D eigenvalue weighted by atomic mass is 35.5. The summed E-state index contributed by atoms with van der Waals surface area (Å²) >= 11 is 6.19. The third-order valence-corrected chi connectivity index (χ3v) is 4.00. The lowest BCUT2D eigenvalue weighted by atomic mass is 10.1. The quantitative estimate of drug-likeness (QED) is 0.704. The second-order valence-electron chi connectivity index (χ2n) is 5.57. The third kappa shape index (κ3) is 6.74. The molecule has 0 aliphatic heterocycles. The first kappa shape index (κ1) is 21.0. The molecule has 0 unspecified atom stereocenters. The average Bonchev–Trinajstić information content (AvgIpc) is 2.59. The molecule has 0 spiro atoms. The predicted octanol–water partition coefficient (Wildman–Crippen LogP) is 3.07. The van der Waals surface area contributed by atoms with Gasteiger partial charge in [0.05, 0.1) is 10.6 Å². The Morgan fingerprint density at radius 3 is 2.24 bits per heavy atom. The summed E-state index contributed by atoms with van der Waals surface area (Å²) in [5.74, 6) is -0.554. The maximum Gasteiger partial charge on any atom is 0.255 e. The van der Waals surface area contributed by atoms with Crippen LogP contribution in [0.3, 0.4) is 0 Å². The standard InChI is InChI=1S/C18H26ClN3O3/c1-4-11-20-16(23)9-10-17(24)21-13-7-8-14(15(19)12-13)18(25)22(5-2)6-3/h7-8,12H,4-6,9-11H2,1-3H3,(H,20,23)(H,21,24). The van der Waals surface area contributed by atoms with Gasteiger partial charge < -0.3 is 15.5 Å². The Morgan fingerprint density at radius 2 is 1.68 bits per heavy atom. The van der Waals surface area contributed by atoms with E-state index in [1.807, 2.05) is 20.8 Å². The molecule has 0 bridgehead atoms. The summed E-state index contributed by atoms with van der Waals surface area (Å²) in [6, 6.07) is 4.79. The highest BCUT2D eigenvalue weighted by molar-refractivity contribution is 6.34. The molecular formula is C18H26ClN3O3. The number of carbonyl (C=O) groups is 3. The van der Waals surface area contributed by atoms with Crippen molar-refractivity contribution in [1.29, 1.82) is 0 Å². The van der Waals surface area contributed by atoms with E-state index in [-0.39, 0.29) is 35.6 Å². The zero-order valence-electron chi connectivity index (χ0n) is 15.0. The van der Waals surface area contributed by atoms with Crippen LogP contribution >= 0.6 is 11.6 Å². The fourth-order valence-electron chi connectivity index (χ4n) is 2.25. The van der Waals surface area contributed by atoms with Gasteiger partial charge in [-0.25, -0.2) is 0 Å². The van der Waals surface area contributed by atoms with Crippen LogP contribution in [-0.4, -0.2) is 42.3 Å². The van der Waals surface area contributed by atoms with Crippen LogP contribution in [0.25, 0.3) is 0 Å². The highest BCUT2D eigenvalue weighted by Gasteiger charge is 2.16. The first-order valence-corrected chi connectivity index (χ1v) is 8.96. The van der Waals surface area contributed by atoms with Gasteiger partial charge in [0, 0.05) is 38.2 Å². The molecule has 0 saturated carbocycles.